The maximum atomic E-state index is 13.2. The minimum atomic E-state index is -0.0262. The minimum absolute atomic E-state index is 0.0262. The summed E-state index contributed by atoms with van der Waals surface area (Å²) in [5.74, 6) is 2.39. The monoisotopic (exact) mass is 427 g/mol. The maximum Gasteiger partial charge on any atom is 0.257 e. The fourth-order valence-corrected chi connectivity index (χ4v) is 4.27. The summed E-state index contributed by atoms with van der Waals surface area (Å²) >= 11 is 1.57. The van der Waals surface area contributed by atoms with E-state index >= 15 is 0 Å². The zero-order valence-corrected chi connectivity index (χ0v) is 18.0. The number of rotatable bonds is 7. The van der Waals surface area contributed by atoms with Crippen LogP contribution in [0.1, 0.15) is 48.9 Å². The number of amides is 1. The number of nitrogens with zero attached hydrogens (tertiary/aromatic N) is 3. The Morgan fingerprint density at radius 2 is 2.03 bits per heavy atom. The van der Waals surface area contributed by atoms with Crippen LogP contribution in [0.5, 0.6) is 11.5 Å². The largest absolute Gasteiger partial charge is 0.490 e. The average Bonchev–Trinajstić information content (AvgIpc) is 3.47. The van der Waals surface area contributed by atoms with Crippen molar-refractivity contribution in [2.45, 2.75) is 32.6 Å². The van der Waals surface area contributed by atoms with Crippen LogP contribution >= 0.6 is 11.3 Å². The van der Waals surface area contributed by atoms with Crippen molar-refractivity contribution >= 4 is 17.2 Å². The van der Waals surface area contributed by atoms with Gasteiger partial charge in [-0.15, -0.1) is 21.5 Å². The lowest BCUT2D eigenvalue weighted by Crippen LogP contribution is -2.39. The van der Waals surface area contributed by atoms with Crippen LogP contribution in [0.4, 0.5) is 0 Å². The molecule has 0 bridgehead atoms. The van der Waals surface area contributed by atoms with E-state index in [2.05, 4.69) is 10.2 Å². The standard InChI is InChI=1S/C22H25N3O4S/c1-3-27-17-10-9-15(13-18(17)28-4-2)22(26)25-11-5-7-16(14-25)20-23-24-21(29-20)19-8-6-12-30-19/h6,8-10,12-13,16H,3-5,7,11,14H2,1-2H3. The first-order valence-electron chi connectivity index (χ1n) is 10.3. The SMILES string of the molecule is CCOc1ccc(C(=O)N2CCCC(c3nnc(-c4cccs4)o3)C2)cc1OCC. The highest BCUT2D eigenvalue weighted by molar-refractivity contribution is 7.13. The van der Waals surface area contributed by atoms with Gasteiger partial charge in [-0.3, -0.25) is 4.79 Å². The Morgan fingerprint density at radius 3 is 2.80 bits per heavy atom. The van der Waals surface area contributed by atoms with E-state index in [1.165, 1.54) is 0 Å². The van der Waals surface area contributed by atoms with Crippen molar-refractivity contribution in [1.82, 2.24) is 15.1 Å². The van der Waals surface area contributed by atoms with Crippen LogP contribution < -0.4 is 9.47 Å². The number of benzene rings is 1. The van der Waals surface area contributed by atoms with Crippen molar-refractivity contribution in [3.63, 3.8) is 0 Å². The number of carbonyl (C=O) groups is 1. The third-order valence-electron chi connectivity index (χ3n) is 5.02. The van der Waals surface area contributed by atoms with Gasteiger partial charge in [0.2, 0.25) is 5.89 Å². The predicted octanol–water partition coefficient (Wildman–Crippen LogP) is 4.62. The zero-order chi connectivity index (χ0) is 20.9. The Labute approximate surface area is 179 Å². The average molecular weight is 428 g/mol. The lowest BCUT2D eigenvalue weighted by atomic mass is 9.97. The molecule has 30 heavy (non-hydrogen) atoms. The number of likely N-dealkylation sites (tertiary alicyclic amines) is 1. The number of hydrogen-bond donors (Lipinski definition) is 0. The predicted molar refractivity (Wildman–Crippen MR) is 114 cm³/mol. The summed E-state index contributed by atoms with van der Waals surface area (Å²) in [4.78, 5) is 16.0. The topological polar surface area (TPSA) is 77.7 Å². The van der Waals surface area contributed by atoms with Crippen LogP contribution in [-0.4, -0.2) is 47.3 Å². The van der Waals surface area contributed by atoms with Gasteiger partial charge in [-0.25, -0.2) is 0 Å². The molecule has 0 radical (unpaired) electrons. The van der Waals surface area contributed by atoms with E-state index in [1.54, 1.807) is 29.5 Å². The molecule has 1 atom stereocenters. The Bertz CT molecular complexity index is 986. The van der Waals surface area contributed by atoms with Crippen LogP contribution in [0.15, 0.2) is 40.1 Å². The molecule has 1 fully saturated rings. The van der Waals surface area contributed by atoms with Crippen molar-refractivity contribution in [3.05, 3.63) is 47.2 Å². The van der Waals surface area contributed by atoms with E-state index < -0.39 is 0 Å². The number of carbonyl (C=O) groups excluding carboxylic acids is 1. The van der Waals surface area contributed by atoms with Gasteiger partial charge in [0.15, 0.2) is 11.5 Å². The lowest BCUT2D eigenvalue weighted by molar-refractivity contribution is 0.0698. The van der Waals surface area contributed by atoms with Crippen LogP contribution in [0.2, 0.25) is 0 Å². The Kier molecular flexibility index (Phi) is 6.32. The van der Waals surface area contributed by atoms with Gasteiger partial charge in [0.1, 0.15) is 0 Å². The molecule has 3 aromatic rings. The van der Waals surface area contributed by atoms with Gasteiger partial charge in [0.25, 0.3) is 11.8 Å². The molecule has 3 heterocycles. The second-order valence-corrected chi connectivity index (χ2v) is 7.99. The van der Waals surface area contributed by atoms with E-state index in [4.69, 9.17) is 13.9 Å². The normalized spacial score (nSPS) is 16.5. The minimum Gasteiger partial charge on any atom is -0.490 e. The Balaban J connectivity index is 1.49. The smallest absolute Gasteiger partial charge is 0.257 e. The summed E-state index contributed by atoms with van der Waals surface area (Å²) in [6.45, 7) is 6.14. The van der Waals surface area contributed by atoms with Gasteiger partial charge in [-0.1, -0.05) is 6.07 Å². The number of ether oxygens (including phenoxy) is 2. The molecule has 2 aromatic heterocycles. The fraction of sp³-hybridized carbons (Fsp3) is 0.409. The molecule has 1 aromatic carbocycles. The van der Waals surface area contributed by atoms with Crippen molar-refractivity contribution < 1.29 is 18.7 Å². The van der Waals surface area contributed by atoms with Gasteiger partial charge in [0, 0.05) is 18.7 Å². The third-order valence-corrected chi connectivity index (χ3v) is 5.88. The van der Waals surface area contributed by atoms with Crippen LogP contribution in [-0.2, 0) is 0 Å². The third kappa shape index (κ3) is 4.33. The number of piperidine rings is 1. The molecule has 1 unspecified atom stereocenters. The summed E-state index contributed by atoms with van der Waals surface area (Å²) in [6.07, 6.45) is 1.81. The molecule has 1 aliphatic heterocycles. The molecule has 8 heteroatoms. The summed E-state index contributed by atoms with van der Waals surface area (Å²) in [5, 5.41) is 10.4. The van der Waals surface area contributed by atoms with Gasteiger partial charge in [-0.2, -0.15) is 0 Å². The van der Waals surface area contributed by atoms with E-state index in [9.17, 15) is 4.79 Å². The first-order valence-corrected chi connectivity index (χ1v) is 11.1. The first-order chi connectivity index (χ1) is 14.7. The highest BCUT2D eigenvalue weighted by Crippen LogP contribution is 2.32. The van der Waals surface area contributed by atoms with Crippen LogP contribution in [0.25, 0.3) is 10.8 Å². The summed E-state index contributed by atoms with van der Waals surface area (Å²) < 4.78 is 17.2. The molecule has 0 aliphatic carbocycles. The number of aromatic nitrogens is 2. The zero-order valence-electron chi connectivity index (χ0n) is 17.2. The van der Waals surface area contributed by atoms with E-state index in [0.717, 1.165) is 17.7 Å². The van der Waals surface area contributed by atoms with E-state index in [1.807, 2.05) is 36.3 Å². The van der Waals surface area contributed by atoms with Gasteiger partial charge >= 0.3 is 0 Å². The Morgan fingerprint density at radius 1 is 1.20 bits per heavy atom. The molecule has 4 rings (SSSR count). The number of thiophene rings is 1. The molecule has 0 saturated carbocycles. The highest BCUT2D eigenvalue weighted by Gasteiger charge is 2.29. The first kappa shape index (κ1) is 20.4. The molecule has 158 valence electrons. The van der Waals surface area contributed by atoms with Crippen molar-refractivity contribution in [1.29, 1.82) is 0 Å². The van der Waals surface area contributed by atoms with Crippen molar-refractivity contribution in [2.75, 3.05) is 26.3 Å². The molecule has 7 nitrogen and oxygen atoms in total. The molecule has 1 saturated heterocycles. The summed E-state index contributed by atoms with van der Waals surface area (Å²) in [6, 6.07) is 9.27. The second-order valence-electron chi connectivity index (χ2n) is 7.04. The van der Waals surface area contributed by atoms with E-state index in [0.29, 0.717) is 55.1 Å². The molecular formula is C22H25N3O4S. The van der Waals surface area contributed by atoms with Crippen molar-refractivity contribution in [3.8, 4) is 22.3 Å². The molecular weight excluding hydrogens is 402 g/mol. The maximum absolute atomic E-state index is 13.2. The Hall–Kier alpha value is -2.87. The molecule has 1 amide bonds. The van der Waals surface area contributed by atoms with Gasteiger partial charge in [0.05, 0.1) is 24.0 Å². The van der Waals surface area contributed by atoms with Gasteiger partial charge in [-0.05, 0) is 56.3 Å². The van der Waals surface area contributed by atoms with Crippen LogP contribution in [0.3, 0.4) is 0 Å². The van der Waals surface area contributed by atoms with Gasteiger partial charge < -0.3 is 18.8 Å². The quantitative estimate of drug-likeness (QED) is 0.548. The lowest BCUT2D eigenvalue weighted by Gasteiger charge is -2.31. The van der Waals surface area contributed by atoms with Crippen molar-refractivity contribution in [2.24, 2.45) is 0 Å². The van der Waals surface area contributed by atoms with Crippen LogP contribution in [0, 0.1) is 0 Å². The van der Waals surface area contributed by atoms with E-state index in [-0.39, 0.29) is 11.8 Å². The molecule has 0 N–H and O–H groups in total. The molecule has 1 aliphatic rings. The summed E-state index contributed by atoms with van der Waals surface area (Å²) in [7, 11) is 0. The fourth-order valence-electron chi connectivity index (χ4n) is 3.63. The highest BCUT2D eigenvalue weighted by atomic mass is 32.1. The summed E-state index contributed by atoms with van der Waals surface area (Å²) in [5.41, 5.74) is 0.590. The number of hydrogen-bond acceptors (Lipinski definition) is 7. The molecule has 0 spiro atoms. The second kappa shape index (κ2) is 9.30.